The Morgan fingerprint density at radius 2 is 0.925 bits per heavy atom. The third kappa shape index (κ3) is 5.02. The highest BCUT2D eigenvalue weighted by Crippen LogP contribution is 2.56. The molecule has 0 bridgehead atoms. The number of hydrogen-bond acceptors (Lipinski definition) is 2. The summed E-state index contributed by atoms with van der Waals surface area (Å²) >= 11 is 0. The molecule has 0 aliphatic heterocycles. The topological polar surface area (TPSA) is 16.4 Å². The van der Waals surface area contributed by atoms with Gasteiger partial charge in [-0.3, -0.25) is 0 Å². The summed E-state index contributed by atoms with van der Waals surface area (Å²) in [4.78, 5) is 2.33. The molecular weight excluding hydrogens is 643 g/mol. The van der Waals surface area contributed by atoms with E-state index in [0.717, 1.165) is 55.7 Å². The minimum Gasteiger partial charge on any atom is -0.455 e. The molecule has 2 heteroatoms. The van der Waals surface area contributed by atoms with Gasteiger partial charge in [0.15, 0.2) is 0 Å². The number of hydrogen-bond donors (Lipinski definition) is 0. The Morgan fingerprint density at radius 3 is 1.60 bits per heavy atom. The van der Waals surface area contributed by atoms with E-state index >= 15 is 0 Å². The average Bonchev–Trinajstić information content (AvgIpc) is 3.71. The molecule has 10 rings (SSSR count). The molecular formula is C51H37NO. The third-order valence-corrected chi connectivity index (χ3v) is 11.1. The molecule has 53 heavy (non-hydrogen) atoms. The summed E-state index contributed by atoms with van der Waals surface area (Å²) in [6, 6.07) is 67.5. The summed E-state index contributed by atoms with van der Waals surface area (Å²) in [5.74, 6) is 0. The van der Waals surface area contributed by atoms with Crippen molar-refractivity contribution >= 4 is 39.0 Å². The van der Waals surface area contributed by atoms with E-state index in [1.807, 2.05) is 0 Å². The zero-order valence-corrected chi connectivity index (χ0v) is 29.8. The Bertz CT molecular complexity index is 2760. The van der Waals surface area contributed by atoms with Gasteiger partial charge in [0.25, 0.3) is 0 Å². The summed E-state index contributed by atoms with van der Waals surface area (Å²) in [6.45, 7) is 4.71. The second kappa shape index (κ2) is 12.3. The van der Waals surface area contributed by atoms with Crippen LogP contribution in [0, 0.1) is 0 Å². The molecule has 0 radical (unpaired) electrons. The van der Waals surface area contributed by atoms with Gasteiger partial charge in [-0.25, -0.2) is 0 Å². The fraction of sp³-hybridized carbons (Fsp3) is 0.0588. The molecule has 0 fully saturated rings. The lowest BCUT2D eigenvalue weighted by atomic mass is 9.78. The normalized spacial score (nSPS) is 12.9. The maximum absolute atomic E-state index is 7.09. The lowest BCUT2D eigenvalue weighted by Crippen LogP contribution is -2.16. The third-order valence-electron chi connectivity index (χ3n) is 11.1. The Hall–Kier alpha value is -6.64. The average molecular weight is 680 g/mol. The highest BCUT2D eigenvalue weighted by Gasteiger charge is 2.39. The minimum atomic E-state index is -0.216. The highest BCUT2D eigenvalue weighted by molar-refractivity contribution is 6.16. The van der Waals surface area contributed by atoms with E-state index in [1.165, 1.54) is 38.9 Å². The van der Waals surface area contributed by atoms with Crippen molar-refractivity contribution < 1.29 is 4.42 Å². The number of furan rings is 1. The van der Waals surface area contributed by atoms with Gasteiger partial charge in [0.05, 0.1) is 0 Å². The van der Waals surface area contributed by atoms with Crippen molar-refractivity contribution in [2.45, 2.75) is 19.3 Å². The van der Waals surface area contributed by atoms with Crippen LogP contribution in [-0.4, -0.2) is 0 Å². The van der Waals surface area contributed by atoms with Gasteiger partial charge in [0, 0.05) is 44.4 Å². The van der Waals surface area contributed by atoms with Crippen LogP contribution in [0.3, 0.4) is 0 Å². The number of anilines is 3. The van der Waals surface area contributed by atoms with Crippen LogP contribution in [0.25, 0.3) is 66.4 Å². The van der Waals surface area contributed by atoms with Gasteiger partial charge in [0.2, 0.25) is 0 Å². The summed E-state index contributed by atoms with van der Waals surface area (Å²) in [5, 5.41) is 2.28. The first-order valence-corrected chi connectivity index (χ1v) is 18.4. The van der Waals surface area contributed by atoms with Gasteiger partial charge in [-0.05, 0) is 87.0 Å². The van der Waals surface area contributed by atoms with E-state index in [4.69, 9.17) is 4.42 Å². The van der Waals surface area contributed by atoms with E-state index in [-0.39, 0.29) is 5.41 Å². The second-order valence-corrected chi connectivity index (χ2v) is 14.5. The molecule has 0 amide bonds. The van der Waals surface area contributed by atoms with Gasteiger partial charge in [0.1, 0.15) is 11.2 Å². The molecule has 0 unspecified atom stereocenters. The fourth-order valence-electron chi connectivity index (χ4n) is 8.55. The molecule has 0 saturated heterocycles. The Morgan fingerprint density at radius 1 is 0.396 bits per heavy atom. The second-order valence-electron chi connectivity index (χ2n) is 14.5. The molecule has 8 aromatic carbocycles. The fourth-order valence-corrected chi connectivity index (χ4v) is 8.55. The molecule has 252 valence electrons. The number of fused-ring (bicyclic) bond motifs is 6. The van der Waals surface area contributed by atoms with Crippen LogP contribution in [0.2, 0.25) is 0 Å². The van der Waals surface area contributed by atoms with E-state index < -0.39 is 0 Å². The van der Waals surface area contributed by atoms with Gasteiger partial charge in [-0.2, -0.15) is 0 Å². The molecule has 0 N–H and O–H groups in total. The summed E-state index contributed by atoms with van der Waals surface area (Å²) in [5.41, 5.74) is 17.2. The van der Waals surface area contributed by atoms with Gasteiger partial charge in [-0.15, -0.1) is 0 Å². The predicted molar refractivity (Wildman–Crippen MR) is 222 cm³/mol. The standard InChI is InChI=1S/C51H37NO/c1-51(2)46-24-13-12-21-42(46)44-33-45-43-23-14-22-41(36-17-8-4-9-18-36)49(43)53-50(45)47(48(44)51)37-27-31-40(32-28-37)52(38-19-10-5-11-20-38)39-29-25-35(26-30-39)34-15-6-3-7-16-34/h3-33H,1-2H3. The maximum atomic E-state index is 7.09. The van der Waals surface area contributed by atoms with E-state index in [1.54, 1.807) is 0 Å². The smallest absolute Gasteiger partial charge is 0.143 e. The van der Waals surface area contributed by atoms with E-state index in [0.29, 0.717) is 0 Å². The number of rotatable bonds is 6. The van der Waals surface area contributed by atoms with Crippen LogP contribution in [0.4, 0.5) is 17.1 Å². The number of benzene rings is 8. The predicted octanol–water partition coefficient (Wildman–Crippen LogP) is 14.4. The zero-order valence-electron chi connectivity index (χ0n) is 29.8. The van der Waals surface area contributed by atoms with E-state index in [2.05, 4.69) is 207 Å². The van der Waals surface area contributed by atoms with Crippen molar-refractivity contribution in [3.8, 4) is 44.5 Å². The maximum Gasteiger partial charge on any atom is 0.143 e. The highest BCUT2D eigenvalue weighted by atomic mass is 16.3. The minimum absolute atomic E-state index is 0.216. The Kier molecular flexibility index (Phi) is 7.19. The zero-order chi connectivity index (χ0) is 35.5. The van der Waals surface area contributed by atoms with Crippen LogP contribution in [0.5, 0.6) is 0 Å². The lowest BCUT2D eigenvalue weighted by molar-refractivity contribution is 0.650. The quantitative estimate of drug-likeness (QED) is 0.174. The van der Waals surface area contributed by atoms with Crippen molar-refractivity contribution in [2.75, 3.05) is 4.90 Å². The molecule has 1 heterocycles. The number of nitrogens with zero attached hydrogens (tertiary/aromatic N) is 1. The first-order chi connectivity index (χ1) is 26.1. The summed E-state index contributed by atoms with van der Waals surface area (Å²) in [7, 11) is 0. The van der Waals surface area contributed by atoms with Crippen molar-refractivity contribution in [3.05, 3.63) is 199 Å². The molecule has 1 aliphatic rings. The molecule has 0 saturated carbocycles. The molecule has 9 aromatic rings. The molecule has 0 atom stereocenters. The van der Waals surface area contributed by atoms with Gasteiger partial charge < -0.3 is 9.32 Å². The van der Waals surface area contributed by atoms with Gasteiger partial charge >= 0.3 is 0 Å². The van der Waals surface area contributed by atoms with Crippen LogP contribution >= 0.6 is 0 Å². The van der Waals surface area contributed by atoms with Crippen LogP contribution < -0.4 is 4.90 Å². The van der Waals surface area contributed by atoms with E-state index in [9.17, 15) is 0 Å². The first-order valence-electron chi connectivity index (χ1n) is 18.4. The monoisotopic (exact) mass is 679 g/mol. The summed E-state index contributed by atoms with van der Waals surface area (Å²) < 4.78 is 7.09. The van der Waals surface area contributed by atoms with Gasteiger partial charge in [-0.1, -0.05) is 159 Å². The number of para-hydroxylation sites is 2. The van der Waals surface area contributed by atoms with Crippen molar-refractivity contribution in [2.24, 2.45) is 0 Å². The van der Waals surface area contributed by atoms with Crippen molar-refractivity contribution in [1.29, 1.82) is 0 Å². The Balaban J connectivity index is 1.17. The SMILES string of the molecule is CC1(C)c2ccccc2-c2cc3c(oc4c(-c5ccccc5)cccc43)c(-c3ccc(N(c4ccccc4)c4ccc(-c5ccccc5)cc4)cc3)c21. The first kappa shape index (κ1) is 31.1. The molecule has 1 aliphatic carbocycles. The molecule has 0 spiro atoms. The summed E-state index contributed by atoms with van der Waals surface area (Å²) in [6.07, 6.45) is 0. The van der Waals surface area contributed by atoms with Crippen LogP contribution in [0.1, 0.15) is 25.0 Å². The van der Waals surface area contributed by atoms with Crippen molar-refractivity contribution in [3.63, 3.8) is 0 Å². The molecule has 1 aromatic heterocycles. The van der Waals surface area contributed by atoms with Crippen molar-refractivity contribution in [1.82, 2.24) is 0 Å². The Labute approximate surface area is 310 Å². The van der Waals surface area contributed by atoms with Crippen LogP contribution in [-0.2, 0) is 5.41 Å². The molecule has 2 nitrogen and oxygen atoms in total. The largest absolute Gasteiger partial charge is 0.455 e. The lowest BCUT2D eigenvalue weighted by Gasteiger charge is -2.27. The van der Waals surface area contributed by atoms with Crippen LogP contribution in [0.15, 0.2) is 192 Å².